The summed E-state index contributed by atoms with van der Waals surface area (Å²) < 4.78 is 14.0. The van der Waals surface area contributed by atoms with Crippen LogP contribution in [0.15, 0.2) is 132 Å². The van der Waals surface area contributed by atoms with E-state index in [0.717, 1.165) is 144 Å². The number of hydrogen-bond acceptors (Lipinski definition) is 4. The number of benzene rings is 4. The monoisotopic (exact) mass is 897 g/mol. The fourth-order valence-corrected chi connectivity index (χ4v) is 11.1. The zero-order valence-electron chi connectivity index (χ0n) is 41.6. The van der Waals surface area contributed by atoms with Gasteiger partial charge in [0.1, 0.15) is 35.2 Å². The average Bonchev–Trinajstić information content (AvgIpc) is 3.32. The smallest absolute Gasteiger partial charge is 0.131 e. The van der Waals surface area contributed by atoms with E-state index in [2.05, 4.69) is 103 Å². The number of phenols is 2. The van der Waals surface area contributed by atoms with Crippen molar-refractivity contribution in [3.05, 3.63) is 154 Å². The number of aromatic hydroxyl groups is 2. The summed E-state index contributed by atoms with van der Waals surface area (Å²) in [7, 11) is 0. The van der Waals surface area contributed by atoms with Gasteiger partial charge in [0.15, 0.2) is 0 Å². The molecule has 4 aliphatic rings. The fraction of sp³-hybridized carbons (Fsp3) is 0.429. The summed E-state index contributed by atoms with van der Waals surface area (Å²) in [6.07, 6.45) is 24.5. The molecule has 8 rings (SSSR count). The van der Waals surface area contributed by atoms with Gasteiger partial charge in [-0.3, -0.25) is 0 Å². The van der Waals surface area contributed by atoms with Crippen molar-refractivity contribution in [1.82, 2.24) is 0 Å². The first-order valence-electron chi connectivity index (χ1n) is 25.7. The van der Waals surface area contributed by atoms with Crippen molar-refractivity contribution in [3.63, 3.8) is 0 Å². The van der Waals surface area contributed by atoms with Gasteiger partial charge in [0.05, 0.1) is 0 Å². The number of aryl methyl sites for hydroxylation is 2. The molecule has 0 heterocycles. The molecule has 352 valence electrons. The van der Waals surface area contributed by atoms with Crippen LogP contribution in [0.1, 0.15) is 166 Å². The molecule has 4 heteroatoms. The summed E-state index contributed by atoms with van der Waals surface area (Å²) in [5.41, 5.74) is 16.9. The number of ether oxygens (including phenoxy) is 2. The normalized spacial score (nSPS) is 22.5. The molecule has 0 aromatic heterocycles. The number of fused-ring (bicyclic) bond motifs is 2. The van der Waals surface area contributed by atoms with Gasteiger partial charge < -0.3 is 19.7 Å². The Morgan fingerprint density at radius 1 is 0.478 bits per heavy atom. The summed E-state index contributed by atoms with van der Waals surface area (Å²) in [6, 6.07) is 24.7. The van der Waals surface area contributed by atoms with E-state index in [1.807, 2.05) is 36.4 Å². The minimum atomic E-state index is -0.478. The topological polar surface area (TPSA) is 58.9 Å². The second-order valence-electron chi connectivity index (χ2n) is 20.7. The molecule has 2 N–H and O–H groups in total. The van der Waals surface area contributed by atoms with Gasteiger partial charge in [0.2, 0.25) is 0 Å². The van der Waals surface area contributed by atoms with Gasteiger partial charge >= 0.3 is 0 Å². The minimum absolute atomic E-state index is 0.285. The molecule has 2 fully saturated rings. The molecule has 0 radical (unpaired) electrons. The van der Waals surface area contributed by atoms with E-state index in [4.69, 9.17) is 9.47 Å². The van der Waals surface area contributed by atoms with Crippen molar-refractivity contribution < 1.29 is 19.7 Å². The maximum atomic E-state index is 12.4. The second kappa shape index (κ2) is 21.2. The highest BCUT2D eigenvalue weighted by atomic mass is 16.5. The van der Waals surface area contributed by atoms with Crippen LogP contribution in [0.25, 0.3) is 33.4 Å². The Bertz CT molecular complexity index is 2450. The second-order valence-corrected chi connectivity index (χ2v) is 20.7. The Balaban J connectivity index is 1.10. The SMILES string of the molecule is C=C1CCCCC/C=C2/CCCC/C2=C/1c1cc(C)cc(-c2ccccc2OC(C)C(C)(C)[C@@H](C)Oc2ccccc2-c2cc(C)cc(/C3=C4\CCCC\C4=C\CCCCCC3=C)c2O)c1O. The van der Waals surface area contributed by atoms with Gasteiger partial charge in [-0.1, -0.05) is 88.4 Å². The van der Waals surface area contributed by atoms with Crippen molar-refractivity contribution in [2.24, 2.45) is 5.41 Å². The van der Waals surface area contributed by atoms with Crippen LogP contribution in [0.2, 0.25) is 0 Å². The van der Waals surface area contributed by atoms with Crippen LogP contribution in [0.4, 0.5) is 0 Å². The lowest BCUT2D eigenvalue weighted by atomic mass is 9.79. The quantitative estimate of drug-likeness (QED) is 0.166. The standard InChI is InChI=1S/C63H76O4/c1-41-37-53(61(64)55(39-41)59-43(3)25-13-9-11-15-27-47-29-17-19-31-49(47)59)51-33-21-23-35-57(51)66-45(5)63(7,8)46(6)67-58-36-24-22-34-52(58)54-38-42(2)40-56(62(54)65)60-44(4)26-14-10-12-16-28-48-30-18-20-32-50(48)60/h21-24,27-28,33-40,45-46,64-65H,3-4,9-20,25-26,29-32H2,1-2,5-8H3/b47-27-,48-28-,59-49+,60-50+/t45-,46?/m1/s1. The van der Waals surface area contributed by atoms with Crippen molar-refractivity contribution in [2.75, 3.05) is 0 Å². The first kappa shape index (κ1) is 48.0. The third kappa shape index (κ3) is 10.5. The van der Waals surface area contributed by atoms with Crippen molar-refractivity contribution in [1.29, 1.82) is 0 Å². The van der Waals surface area contributed by atoms with Crippen LogP contribution in [-0.4, -0.2) is 22.4 Å². The third-order valence-electron chi connectivity index (χ3n) is 15.6. The van der Waals surface area contributed by atoms with Crippen LogP contribution in [0, 0.1) is 19.3 Å². The van der Waals surface area contributed by atoms with Gasteiger partial charge in [-0.2, -0.15) is 0 Å². The van der Waals surface area contributed by atoms with Gasteiger partial charge in [-0.15, -0.1) is 0 Å². The molecule has 4 aromatic rings. The lowest BCUT2D eigenvalue weighted by molar-refractivity contribution is -0.00280. The Morgan fingerprint density at radius 3 is 1.28 bits per heavy atom. The van der Waals surface area contributed by atoms with E-state index >= 15 is 0 Å². The predicted octanol–water partition coefficient (Wildman–Crippen LogP) is 17.9. The number of hydrogen-bond donors (Lipinski definition) is 2. The molecule has 0 spiro atoms. The van der Waals surface area contributed by atoms with Crippen LogP contribution in [0.3, 0.4) is 0 Å². The zero-order chi connectivity index (χ0) is 47.2. The summed E-state index contributed by atoms with van der Waals surface area (Å²) in [5, 5.41) is 24.9. The number of para-hydroxylation sites is 2. The first-order chi connectivity index (χ1) is 32.3. The van der Waals surface area contributed by atoms with Crippen molar-refractivity contribution in [3.8, 4) is 45.3 Å². The molecule has 0 amide bonds. The highest BCUT2D eigenvalue weighted by Gasteiger charge is 2.37. The fourth-order valence-electron chi connectivity index (χ4n) is 11.1. The zero-order valence-corrected chi connectivity index (χ0v) is 41.6. The summed E-state index contributed by atoms with van der Waals surface area (Å²) in [6.45, 7) is 22.2. The van der Waals surface area contributed by atoms with E-state index in [-0.39, 0.29) is 23.7 Å². The summed E-state index contributed by atoms with van der Waals surface area (Å²) in [4.78, 5) is 0. The number of rotatable bonds is 10. The van der Waals surface area contributed by atoms with Crippen LogP contribution >= 0.6 is 0 Å². The van der Waals surface area contributed by atoms with Gasteiger partial charge in [0.25, 0.3) is 0 Å². The highest BCUT2D eigenvalue weighted by Crippen LogP contribution is 2.50. The molecular weight excluding hydrogens is 821 g/mol. The Hall–Kier alpha value is -5.48. The Kier molecular flexibility index (Phi) is 15.2. The Morgan fingerprint density at radius 2 is 0.851 bits per heavy atom. The van der Waals surface area contributed by atoms with Crippen molar-refractivity contribution in [2.45, 2.75) is 169 Å². The molecule has 4 aromatic carbocycles. The molecule has 2 atom stereocenters. The molecule has 0 aliphatic heterocycles. The third-order valence-corrected chi connectivity index (χ3v) is 15.6. The first-order valence-corrected chi connectivity index (χ1v) is 25.7. The maximum absolute atomic E-state index is 12.4. The highest BCUT2D eigenvalue weighted by molar-refractivity contribution is 5.92. The largest absolute Gasteiger partial charge is 0.507 e. The molecular formula is C63H76O4. The molecule has 4 nitrogen and oxygen atoms in total. The van der Waals surface area contributed by atoms with E-state index in [1.54, 1.807) is 0 Å². The van der Waals surface area contributed by atoms with E-state index in [9.17, 15) is 10.2 Å². The average molecular weight is 897 g/mol. The molecule has 67 heavy (non-hydrogen) atoms. The number of phenolic OH excluding ortho intramolecular Hbond substituents is 2. The summed E-state index contributed by atoms with van der Waals surface area (Å²) in [5.74, 6) is 2.00. The Labute approximate surface area is 402 Å². The molecule has 0 saturated heterocycles. The maximum Gasteiger partial charge on any atom is 0.131 e. The number of allylic oxidation sites excluding steroid dienone is 10. The predicted molar refractivity (Wildman–Crippen MR) is 282 cm³/mol. The van der Waals surface area contributed by atoms with Gasteiger partial charge in [-0.05, 0) is 223 Å². The lowest BCUT2D eigenvalue weighted by Gasteiger charge is -2.38. The van der Waals surface area contributed by atoms with Gasteiger partial charge in [0, 0.05) is 38.8 Å². The molecule has 1 unspecified atom stereocenters. The molecule has 2 saturated carbocycles. The molecule has 4 aliphatic carbocycles. The molecule has 0 bridgehead atoms. The van der Waals surface area contributed by atoms with Crippen LogP contribution in [-0.2, 0) is 0 Å². The van der Waals surface area contributed by atoms with E-state index in [0.29, 0.717) is 11.5 Å². The van der Waals surface area contributed by atoms with E-state index < -0.39 is 5.41 Å². The van der Waals surface area contributed by atoms with Gasteiger partial charge in [-0.25, -0.2) is 0 Å². The van der Waals surface area contributed by atoms with Crippen molar-refractivity contribution >= 4 is 11.1 Å². The minimum Gasteiger partial charge on any atom is -0.507 e. The van der Waals surface area contributed by atoms with Crippen LogP contribution in [0.5, 0.6) is 23.0 Å². The lowest BCUT2D eigenvalue weighted by Crippen LogP contribution is -2.43. The summed E-state index contributed by atoms with van der Waals surface area (Å²) >= 11 is 0. The van der Waals surface area contributed by atoms with Crippen LogP contribution < -0.4 is 9.47 Å². The van der Waals surface area contributed by atoms with E-state index in [1.165, 1.54) is 60.8 Å².